The minimum atomic E-state index is -0.753. The molecule has 1 heterocycles. The molecule has 0 radical (unpaired) electrons. The highest BCUT2D eigenvalue weighted by Gasteiger charge is 2.39. The van der Waals surface area contributed by atoms with Crippen LogP contribution >= 0.6 is 0 Å². The molecule has 1 aliphatic heterocycles. The maximum atomic E-state index is 13.1. The topological polar surface area (TPSA) is 64.1 Å². The van der Waals surface area contributed by atoms with Crippen LogP contribution in [0.4, 0.5) is 0 Å². The Balaban J connectivity index is 1.48. The van der Waals surface area contributed by atoms with Crippen LogP contribution in [-0.2, 0) is 9.59 Å². The van der Waals surface area contributed by atoms with Crippen molar-refractivity contribution in [2.75, 3.05) is 32.7 Å². The summed E-state index contributed by atoms with van der Waals surface area (Å²) in [6, 6.07) is 1.29. The average Bonchev–Trinajstić information content (AvgIpc) is 3.47. The quantitative estimate of drug-likeness (QED) is 0.702. The summed E-state index contributed by atoms with van der Waals surface area (Å²) in [5, 5.41) is 9.07. The number of carboxylic acids is 1. The van der Waals surface area contributed by atoms with Gasteiger partial charge in [-0.15, -0.1) is 0 Å². The summed E-state index contributed by atoms with van der Waals surface area (Å²) in [5.74, 6) is 0.383. The number of nitrogens with zero attached hydrogens (tertiary/aromatic N) is 3. The first-order valence-corrected chi connectivity index (χ1v) is 11.0. The second-order valence-corrected chi connectivity index (χ2v) is 8.91. The van der Waals surface area contributed by atoms with E-state index in [0.29, 0.717) is 30.6 Å². The molecule has 1 saturated heterocycles. The van der Waals surface area contributed by atoms with Gasteiger partial charge in [0.05, 0.1) is 13.1 Å². The van der Waals surface area contributed by atoms with E-state index in [0.717, 1.165) is 38.4 Å². The molecule has 0 aromatic carbocycles. The van der Waals surface area contributed by atoms with E-state index in [1.807, 2.05) is 6.92 Å². The highest BCUT2D eigenvalue weighted by atomic mass is 16.4. The molecular weight excluding hydrogens is 342 g/mol. The Hall–Kier alpha value is -1.14. The smallest absolute Gasteiger partial charge is 0.317 e. The Kier molecular flexibility index (Phi) is 7.15. The minimum absolute atomic E-state index is 0.121. The third kappa shape index (κ3) is 5.67. The zero-order valence-corrected chi connectivity index (χ0v) is 17.1. The van der Waals surface area contributed by atoms with E-state index in [1.54, 1.807) is 0 Å². The molecule has 2 saturated carbocycles. The van der Waals surface area contributed by atoms with Crippen molar-refractivity contribution in [1.82, 2.24) is 14.7 Å². The van der Waals surface area contributed by atoms with Crippen LogP contribution in [0.5, 0.6) is 0 Å². The molecule has 0 atom stereocenters. The number of rotatable bonds is 8. The number of carbonyl (C=O) groups excluding carboxylic acids is 1. The van der Waals surface area contributed by atoms with E-state index in [-0.39, 0.29) is 6.54 Å². The second kappa shape index (κ2) is 9.37. The number of carbonyl (C=O) groups is 2. The van der Waals surface area contributed by atoms with Gasteiger partial charge in [0.15, 0.2) is 0 Å². The summed E-state index contributed by atoms with van der Waals surface area (Å²) < 4.78 is 0. The molecule has 6 nitrogen and oxygen atoms in total. The predicted molar refractivity (Wildman–Crippen MR) is 106 cm³/mol. The maximum Gasteiger partial charge on any atom is 0.317 e. The Labute approximate surface area is 163 Å². The Morgan fingerprint density at radius 3 is 1.96 bits per heavy atom. The largest absolute Gasteiger partial charge is 0.480 e. The number of carboxylic acid groups (broad SMARTS) is 1. The molecule has 3 rings (SSSR count). The van der Waals surface area contributed by atoms with Crippen molar-refractivity contribution in [2.45, 2.75) is 83.3 Å². The van der Waals surface area contributed by atoms with Gasteiger partial charge in [-0.1, -0.05) is 13.8 Å². The van der Waals surface area contributed by atoms with Crippen molar-refractivity contribution < 1.29 is 14.7 Å². The SMILES string of the molecule is CCN(CC(=O)O)C1CCN(CC(=O)N(C2CCC(C)CC2)C2CC2)CC1. The minimum Gasteiger partial charge on any atom is -0.480 e. The number of likely N-dealkylation sites (tertiary alicyclic amines) is 1. The van der Waals surface area contributed by atoms with Crippen molar-refractivity contribution in [3.05, 3.63) is 0 Å². The van der Waals surface area contributed by atoms with Crippen molar-refractivity contribution in [3.63, 3.8) is 0 Å². The van der Waals surface area contributed by atoms with E-state index in [4.69, 9.17) is 5.11 Å². The zero-order chi connectivity index (χ0) is 19.4. The number of amides is 1. The van der Waals surface area contributed by atoms with Gasteiger partial charge in [0.25, 0.3) is 0 Å². The Morgan fingerprint density at radius 2 is 1.48 bits per heavy atom. The van der Waals surface area contributed by atoms with Crippen LogP contribution in [0.3, 0.4) is 0 Å². The molecule has 27 heavy (non-hydrogen) atoms. The maximum absolute atomic E-state index is 13.1. The zero-order valence-electron chi connectivity index (χ0n) is 17.1. The van der Waals surface area contributed by atoms with Crippen LogP contribution in [0.1, 0.15) is 65.2 Å². The van der Waals surface area contributed by atoms with Crippen LogP contribution in [0.15, 0.2) is 0 Å². The lowest BCUT2D eigenvalue weighted by atomic mass is 9.86. The number of hydrogen-bond donors (Lipinski definition) is 1. The third-order valence-electron chi connectivity index (χ3n) is 6.78. The van der Waals surface area contributed by atoms with Crippen molar-refractivity contribution >= 4 is 11.9 Å². The summed E-state index contributed by atoms with van der Waals surface area (Å²) in [7, 11) is 0. The lowest BCUT2D eigenvalue weighted by molar-refractivity contribution is -0.139. The van der Waals surface area contributed by atoms with E-state index in [9.17, 15) is 9.59 Å². The van der Waals surface area contributed by atoms with Crippen LogP contribution < -0.4 is 0 Å². The number of likely N-dealkylation sites (N-methyl/N-ethyl adjacent to an activating group) is 1. The van der Waals surface area contributed by atoms with Gasteiger partial charge in [-0.2, -0.15) is 0 Å². The highest BCUT2D eigenvalue weighted by Crippen LogP contribution is 2.35. The first kappa shape index (κ1) is 20.6. The summed E-state index contributed by atoms with van der Waals surface area (Å²) in [4.78, 5) is 30.7. The summed E-state index contributed by atoms with van der Waals surface area (Å²) in [6.07, 6.45) is 9.13. The van der Waals surface area contributed by atoms with Crippen molar-refractivity contribution in [1.29, 1.82) is 0 Å². The average molecular weight is 380 g/mol. The van der Waals surface area contributed by atoms with Crippen LogP contribution in [0.2, 0.25) is 0 Å². The van der Waals surface area contributed by atoms with Gasteiger partial charge in [-0.05, 0) is 63.8 Å². The molecule has 154 valence electrons. The fourth-order valence-electron chi connectivity index (χ4n) is 4.97. The molecule has 0 aromatic heterocycles. The van der Waals surface area contributed by atoms with Crippen LogP contribution in [0, 0.1) is 5.92 Å². The number of aliphatic carboxylic acids is 1. The first-order valence-electron chi connectivity index (χ1n) is 11.0. The van der Waals surface area contributed by atoms with Gasteiger partial charge in [0.2, 0.25) is 5.91 Å². The fraction of sp³-hybridized carbons (Fsp3) is 0.905. The molecule has 3 fully saturated rings. The second-order valence-electron chi connectivity index (χ2n) is 8.91. The molecule has 1 N–H and O–H groups in total. The Bertz CT molecular complexity index is 507. The van der Waals surface area contributed by atoms with Crippen molar-refractivity contribution in [3.8, 4) is 0 Å². The molecule has 0 unspecified atom stereocenters. The highest BCUT2D eigenvalue weighted by molar-refractivity contribution is 5.79. The molecular formula is C21H37N3O3. The first-order chi connectivity index (χ1) is 13.0. The summed E-state index contributed by atoms with van der Waals surface area (Å²) >= 11 is 0. The van der Waals surface area contributed by atoms with Crippen molar-refractivity contribution in [2.24, 2.45) is 5.92 Å². The molecule has 1 amide bonds. The summed E-state index contributed by atoms with van der Waals surface area (Å²) in [5.41, 5.74) is 0. The van der Waals surface area contributed by atoms with Gasteiger partial charge < -0.3 is 10.0 Å². The standard InChI is InChI=1S/C21H37N3O3/c1-3-23(15-21(26)27)17-10-12-22(13-11-17)14-20(25)24(19-8-9-19)18-6-4-16(2)5-7-18/h16-19H,3-15H2,1-2H3,(H,26,27). The third-order valence-corrected chi connectivity index (χ3v) is 6.78. The molecule has 0 spiro atoms. The lowest BCUT2D eigenvalue weighted by Crippen LogP contribution is -2.51. The normalized spacial score (nSPS) is 27.7. The molecule has 2 aliphatic carbocycles. The molecule has 0 aromatic rings. The molecule has 3 aliphatic rings. The van der Waals surface area contributed by atoms with E-state index in [1.165, 1.54) is 38.5 Å². The monoisotopic (exact) mass is 379 g/mol. The van der Waals surface area contributed by atoms with E-state index < -0.39 is 5.97 Å². The van der Waals surface area contributed by atoms with Gasteiger partial charge in [0.1, 0.15) is 0 Å². The van der Waals surface area contributed by atoms with E-state index in [2.05, 4.69) is 21.6 Å². The predicted octanol–water partition coefficient (Wildman–Crippen LogP) is 2.43. The van der Waals surface area contributed by atoms with Gasteiger partial charge in [-0.3, -0.25) is 19.4 Å². The summed E-state index contributed by atoms with van der Waals surface area (Å²) in [6.45, 7) is 7.58. The number of hydrogen-bond acceptors (Lipinski definition) is 4. The molecule has 6 heteroatoms. The number of piperidine rings is 1. The van der Waals surface area contributed by atoms with Gasteiger partial charge in [0, 0.05) is 31.2 Å². The van der Waals surface area contributed by atoms with E-state index >= 15 is 0 Å². The molecule has 0 bridgehead atoms. The van der Waals surface area contributed by atoms with Crippen LogP contribution in [-0.4, -0.2) is 82.5 Å². The van der Waals surface area contributed by atoms with Gasteiger partial charge in [-0.25, -0.2) is 0 Å². The Morgan fingerprint density at radius 1 is 0.926 bits per heavy atom. The van der Waals surface area contributed by atoms with Gasteiger partial charge >= 0.3 is 5.97 Å². The van der Waals surface area contributed by atoms with Crippen LogP contribution in [0.25, 0.3) is 0 Å². The lowest BCUT2D eigenvalue weighted by Gasteiger charge is -2.40. The fourth-order valence-corrected chi connectivity index (χ4v) is 4.97.